The molecule has 0 saturated heterocycles. The molecule has 1 rings (SSSR count). The molecule has 0 bridgehead atoms. The fourth-order valence-electron chi connectivity index (χ4n) is 1.46. The molecule has 1 aromatic rings. The van der Waals surface area contributed by atoms with Crippen LogP contribution in [0.4, 0.5) is 0 Å². The maximum absolute atomic E-state index is 11.3. The number of hydrogen-bond donors (Lipinski definition) is 0. The van der Waals surface area contributed by atoms with E-state index in [4.69, 9.17) is 9.26 Å². The molecule has 0 unspecified atom stereocenters. The molecule has 0 N–H and O–H groups in total. The van der Waals surface area contributed by atoms with Gasteiger partial charge in [-0.2, -0.15) is 0 Å². The van der Waals surface area contributed by atoms with Gasteiger partial charge in [0.05, 0.1) is 25.9 Å². The van der Waals surface area contributed by atoms with Crippen LogP contribution in [0.15, 0.2) is 16.8 Å². The molecule has 0 aliphatic rings. The number of ether oxygens (including phenoxy) is 1. The quantitative estimate of drug-likeness (QED) is 0.659. The highest BCUT2D eigenvalue weighted by Gasteiger charge is 2.12. The molecule has 5 nitrogen and oxygen atoms in total. The number of carbonyl (C=O) groups excluding carboxylic acids is 1. The van der Waals surface area contributed by atoms with Crippen molar-refractivity contribution in [2.24, 2.45) is 0 Å². The first-order valence-electron chi connectivity index (χ1n) is 5.53. The monoisotopic (exact) mass is 226 g/mol. The summed E-state index contributed by atoms with van der Waals surface area (Å²) >= 11 is 0. The summed E-state index contributed by atoms with van der Waals surface area (Å²) in [5.41, 5.74) is 0. The Morgan fingerprint density at radius 2 is 2.38 bits per heavy atom. The molecule has 16 heavy (non-hydrogen) atoms. The number of nitrogens with zero attached hydrogens (tertiary/aromatic N) is 2. The maximum Gasteiger partial charge on any atom is 0.320 e. The largest absolute Gasteiger partial charge is 0.465 e. The Labute approximate surface area is 95.4 Å². The second kappa shape index (κ2) is 7.00. The standard InChI is InChI=1S/C11H18N2O3/c1-3-7-13(9-11(14)15-4-2)8-10-5-6-12-16-10/h5-6H,3-4,7-9H2,1-2H3. The molecule has 0 aliphatic heterocycles. The lowest BCUT2D eigenvalue weighted by Crippen LogP contribution is -2.31. The zero-order valence-corrected chi connectivity index (χ0v) is 9.81. The lowest BCUT2D eigenvalue weighted by atomic mass is 10.3. The molecule has 0 aliphatic carbocycles. The van der Waals surface area contributed by atoms with E-state index in [1.54, 1.807) is 19.2 Å². The van der Waals surface area contributed by atoms with Crippen molar-refractivity contribution >= 4 is 5.97 Å². The first-order chi connectivity index (χ1) is 7.76. The van der Waals surface area contributed by atoms with Crippen LogP contribution in [0.1, 0.15) is 26.0 Å². The van der Waals surface area contributed by atoms with Crippen LogP contribution in [-0.2, 0) is 16.1 Å². The highest BCUT2D eigenvalue weighted by Crippen LogP contribution is 2.04. The highest BCUT2D eigenvalue weighted by atomic mass is 16.5. The predicted octanol–water partition coefficient (Wildman–Crippen LogP) is 1.45. The van der Waals surface area contributed by atoms with Crippen molar-refractivity contribution in [3.05, 3.63) is 18.0 Å². The molecule has 0 radical (unpaired) electrons. The van der Waals surface area contributed by atoms with Crippen molar-refractivity contribution in [1.82, 2.24) is 10.1 Å². The van der Waals surface area contributed by atoms with Crippen LogP contribution in [-0.4, -0.2) is 35.7 Å². The lowest BCUT2D eigenvalue weighted by molar-refractivity contribution is -0.144. The van der Waals surface area contributed by atoms with Gasteiger partial charge in [-0.25, -0.2) is 0 Å². The summed E-state index contributed by atoms with van der Waals surface area (Å²) in [6.07, 6.45) is 2.58. The van der Waals surface area contributed by atoms with Crippen LogP contribution in [0.3, 0.4) is 0 Å². The van der Waals surface area contributed by atoms with Crippen molar-refractivity contribution in [2.45, 2.75) is 26.8 Å². The van der Waals surface area contributed by atoms with E-state index in [1.807, 2.05) is 4.90 Å². The van der Waals surface area contributed by atoms with Gasteiger partial charge in [-0.1, -0.05) is 12.1 Å². The number of aromatic nitrogens is 1. The molecule has 1 heterocycles. The summed E-state index contributed by atoms with van der Waals surface area (Å²) < 4.78 is 9.92. The van der Waals surface area contributed by atoms with Gasteiger partial charge < -0.3 is 9.26 Å². The van der Waals surface area contributed by atoms with Crippen molar-refractivity contribution in [3.63, 3.8) is 0 Å². The first-order valence-corrected chi connectivity index (χ1v) is 5.53. The normalized spacial score (nSPS) is 10.7. The Morgan fingerprint density at radius 1 is 1.56 bits per heavy atom. The predicted molar refractivity (Wildman–Crippen MR) is 58.7 cm³/mol. The summed E-state index contributed by atoms with van der Waals surface area (Å²) in [5.74, 6) is 0.563. The van der Waals surface area contributed by atoms with Gasteiger partial charge in [0.2, 0.25) is 0 Å². The average Bonchev–Trinajstić information content (AvgIpc) is 2.71. The van der Waals surface area contributed by atoms with Gasteiger partial charge in [0.15, 0.2) is 5.76 Å². The number of rotatable bonds is 7. The fraction of sp³-hybridized carbons (Fsp3) is 0.636. The molecule has 0 atom stereocenters. The van der Waals surface area contributed by atoms with E-state index < -0.39 is 0 Å². The highest BCUT2D eigenvalue weighted by molar-refractivity contribution is 5.71. The summed E-state index contributed by atoms with van der Waals surface area (Å²) in [6, 6.07) is 1.80. The van der Waals surface area contributed by atoms with Gasteiger partial charge in [0, 0.05) is 6.07 Å². The maximum atomic E-state index is 11.3. The zero-order chi connectivity index (χ0) is 11.8. The molecule has 1 aromatic heterocycles. The third kappa shape index (κ3) is 4.44. The van der Waals surface area contributed by atoms with E-state index in [1.165, 1.54) is 0 Å². The Balaban J connectivity index is 2.44. The second-order valence-electron chi connectivity index (χ2n) is 3.49. The SMILES string of the molecule is CCCN(CC(=O)OCC)Cc1ccno1. The Hall–Kier alpha value is -1.36. The molecule has 90 valence electrons. The van der Waals surface area contributed by atoms with Crippen LogP contribution < -0.4 is 0 Å². The molecule has 5 heteroatoms. The van der Waals surface area contributed by atoms with Crippen LogP contribution in [0.5, 0.6) is 0 Å². The van der Waals surface area contributed by atoms with Crippen LogP contribution in [0, 0.1) is 0 Å². The van der Waals surface area contributed by atoms with E-state index in [0.717, 1.165) is 18.7 Å². The number of esters is 1. The van der Waals surface area contributed by atoms with E-state index in [9.17, 15) is 4.79 Å². The smallest absolute Gasteiger partial charge is 0.320 e. The minimum Gasteiger partial charge on any atom is -0.465 e. The van der Waals surface area contributed by atoms with Crippen molar-refractivity contribution in [2.75, 3.05) is 19.7 Å². The van der Waals surface area contributed by atoms with Crippen LogP contribution in [0.2, 0.25) is 0 Å². The molecule has 0 amide bonds. The van der Waals surface area contributed by atoms with Gasteiger partial charge in [-0.05, 0) is 19.9 Å². The van der Waals surface area contributed by atoms with Crippen molar-refractivity contribution in [3.8, 4) is 0 Å². The molecular weight excluding hydrogens is 208 g/mol. The second-order valence-corrected chi connectivity index (χ2v) is 3.49. The molecule has 0 fully saturated rings. The summed E-state index contributed by atoms with van der Waals surface area (Å²) in [6.45, 7) is 6.01. The lowest BCUT2D eigenvalue weighted by Gasteiger charge is -2.18. The molecule has 0 spiro atoms. The number of carbonyl (C=O) groups is 1. The van der Waals surface area contributed by atoms with E-state index in [0.29, 0.717) is 19.7 Å². The minimum absolute atomic E-state index is 0.199. The topological polar surface area (TPSA) is 55.6 Å². The number of hydrogen-bond acceptors (Lipinski definition) is 5. The molecule has 0 saturated carbocycles. The van der Waals surface area contributed by atoms with Crippen LogP contribution in [0.25, 0.3) is 0 Å². The Kier molecular flexibility index (Phi) is 5.56. The van der Waals surface area contributed by atoms with Crippen molar-refractivity contribution in [1.29, 1.82) is 0 Å². The van der Waals surface area contributed by atoms with Crippen molar-refractivity contribution < 1.29 is 14.1 Å². The zero-order valence-electron chi connectivity index (χ0n) is 9.81. The van der Waals surface area contributed by atoms with E-state index in [2.05, 4.69) is 12.1 Å². The first kappa shape index (κ1) is 12.7. The minimum atomic E-state index is -0.199. The summed E-state index contributed by atoms with van der Waals surface area (Å²) in [4.78, 5) is 13.3. The molecule has 0 aromatic carbocycles. The average molecular weight is 226 g/mol. The van der Waals surface area contributed by atoms with Gasteiger partial charge in [0.1, 0.15) is 0 Å². The fourth-order valence-corrected chi connectivity index (χ4v) is 1.46. The molecular formula is C11H18N2O3. The Bertz CT molecular complexity index is 298. The summed E-state index contributed by atoms with van der Waals surface area (Å²) in [5, 5.41) is 3.63. The van der Waals surface area contributed by atoms with Crippen LogP contribution >= 0.6 is 0 Å². The Morgan fingerprint density at radius 3 is 2.94 bits per heavy atom. The van der Waals surface area contributed by atoms with Gasteiger partial charge in [0.25, 0.3) is 0 Å². The van der Waals surface area contributed by atoms with Gasteiger partial charge in [-0.15, -0.1) is 0 Å². The van der Waals surface area contributed by atoms with E-state index >= 15 is 0 Å². The van der Waals surface area contributed by atoms with E-state index in [-0.39, 0.29) is 5.97 Å². The third-order valence-electron chi connectivity index (χ3n) is 2.07. The van der Waals surface area contributed by atoms with Gasteiger partial charge in [-0.3, -0.25) is 9.69 Å². The third-order valence-corrected chi connectivity index (χ3v) is 2.07. The summed E-state index contributed by atoms with van der Waals surface area (Å²) in [7, 11) is 0. The van der Waals surface area contributed by atoms with Gasteiger partial charge >= 0.3 is 5.97 Å².